The molecule has 5 rings (SSSR count). The predicted molar refractivity (Wildman–Crippen MR) is 112 cm³/mol. The number of rotatable bonds is 3. The van der Waals surface area contributed by atoms with Crippen molar-refractivity contribution in [3.05, 3.63) is 83.7 Å². The first-order valence-electron chi connectivity index (χ1n) is 9.68. The summed E-state index contributed by atoms with van der Waals surface area (Å²) in [5.41, 5.74) is 2.53. The molecule has 1 atom stereocenters. The van der Waals surface area contributed by atoms with E-state index >= 15 is 0 Å². The number of nitrogens with one attached hydrogen (secondary N) is 1. The highest BCUT2D eigenvalue weighted by Gasteiger charge is 2.35. The molecule has 2 aromatic heterocycles. The summed E-state index contributed by atoms with van der Waals surface area (Å²) in [5.74, 6) is -1.13. The van der Waals surface area contributed by atoms with E-state index < -0.39 is 17.7 Å². The van der Waals surface area contributed by atoms with E-state index in [-0.39, 0.29) is 22.7 Å². The summed E-state index contributed by atoms with van der Waals surface area (Å²) >= 11 is 0. The van der Waals surface area contributed by atoms with E-state index in [1.165, 1.54) is 24.3 Å². The topological polar surface area (TPSA) is 86.1 Å². The van der Waals surface area contributed by atoms with Crippen molar-refractivity contribution >= 4 is 28.5 Å². The second kappa shape index (κ2) is 7.32. The van der Waals surface area contributed by atoms with Crippen LogP contribution in [0.2, 0.25) is 0 Å². The number of imidazole rings is 1. The van der Waals surface area contributed by atoms with Gasteiger partial charge in [0, 0.05) is 25.5 Å². The van der Waals surface area contributed by atoms with Crippen LogP contribution < -0.4 is 10.1 Å². The molecule has 8 heteroatoms. The van der Waals surface area contributed by atoms with Crippen LogP contribution in [0.3, 0.4) is 0 Å². The largest absolute Gasteiger partial charge is 0.423 e. The number of pyridine rings is 1. The summed E-state index contributed by atoms with van der Waals surface area (Å²) in [4.78, 5) is 35.0. The van der Waals surface area contributed by atoms with Gasteiger partial charge in [0.15, 0.2) is 5.78 Å². The molecule has 154 valence electrons. The van der Waals surface area contributed by atoms with Gasteiger partial charge in [-0.3, -0.25) is 9.78 Å². The average Bonchev–Trinajstić information content (AvgIpc) is 3.12. The molecule has 7 nitrogen and oxygen atoms in total. The lowest BCUT2D eigenvalue weighted by atomic mass is 9.88. The molecule has 2 aromatic carbocycles. The van der Waals surface area contributed by atoms with E-state index in [4.69, 9.17) is 4.74 Å². The molecule has 1 unspecified atom stereocenters. The lowest BCUT2D eigenvalue weighted by Crippen LogP contribution is -2.32. The summed E-state index contributed by atoms with van der Waals surface area (Å²) in [6, 6.07) is 11.9. The van der Waals surface area contributed by atoms with Crippen molar-refractivity contribution in [1.82, 2.24) is 14.5 Å². The number of Topliss-reactive ketones (excluding diaryl/α,β-unsaturated/α-hetero) is 1. The van der Waals surface area contributed by atoms with Crippen LogP contribution >= 0.6 is 0 Å². The highest BCUT2D eigenvalue weighted by molar-refractivity contribution is 6.14. The SMILES string of the molecule is Cn1c(C2CNc3cccc(C(=O)Oc4ccc(F)cc4)c3C2=O)nc2cnccc21. The number of carbonyl (C=O) groups excluding carboxylic acids is 2. The number of benzene rings is 2. The quantitative estimate of drug-likeness (QED) is 0.405. The number of fused-ring (bicyclic) bond motifs is 2. The third-order valence-electron chi connectivity index (χ3n) is 5.40. The molecule has 1 aliphatic heterocycles. The molecule has 0 radical (unpaired) electrons. The number of ether oxygens (including phenoxy) is 1. The lowest BCUT2D eigenvalue weighted by molar-refractivity contribution is 0.0728. The Bertz CT molecular complexity index is 1330. The molecule has 4 aromatic rings. The first-order valence-corrected chi connectivity index (χ1v) is 9.68. The Balaban J connectivity index is 1.52. The van der Waals surface area contributed by atoms with E-state index in [2.05, 4.69) is 15.3 Å². The fourth-order valence-electron chi connectivity index (χ4n) is 3.87. The van der Waals surface area contributed by atoms with Crippen LogP contribution in [0, 0.1) is 5.82 Å². The van der Waals surface area contributed by atoms with E-state index in [1.54, 1.807) is 30.6 Å². The molecule has 1 N–H and O–H groups in total. The summed E-state index contributed by atoms with van der Waals surface area (Å²) in [6.45, 7) is 0.354. The Labute approximate surface area is 176 Å². The molecule has 0 spiro atoms. The first-order chi connectivity index (χ1) is 15.0. The summed E-state index contributed by atoms with van der Waals surface area (Å²) in [6.07, 6.45) is 3.33. The number of aromatic nitrogens is 3. The second-order valence-corrected chi connectivity index (χ2v) is 7.26. The molecule has 1 aliphatic rings. The minimum absolute atomic E-state index is 0.143. The molecule has 0 aliphatic carbocycles. The number of nitrogens with zero attached hydrogens (tertiary/aromatic N) is 3. The minimum atomic E-state index is -0.687. The number of anilines is 1. The zero-order chi connectivity index (χ0) is 21.5. The number of halogens is 1. The number of aryl methyl sites for hydroxylation is 1. The number of hydrogen-bond donors (Lipinski definition) is 1. The zero-order valence-electron chi connectivity index (χ0n) is 16.5. The molecule has 0 saturated heterocycles. The van der Waals surface area contributed by atoms with Gasteiger partial charge in [0.1, 0.15) is 22.9 Å². The average molecular weight is 416 g/mol. The van der Waals surface area contributed by atoms with Gasteiger partial charge in [-0.2, -0.15) is 0 Å². The van der Waals surface area contributed by atoms with Crippen LogP contribution in [0.25, 0.3) is 11.0 Å². The highest BCUT2D eigenvalue weighted by atomic mass is 19.1. The van der Waals surface area contributed by atoms with Crippen molar-refractivity contribution in [2.45, 2.75) is 5.92 Å². The first kappa shape index (κ1) is 18.9. The van der Waals surface area contributed by atoms with Crippen molar-refractivity contribution < 1.29 is 18.7 Å². The number of hydrogen-bond acceptors (Lipinski definition) is 6. The molecular weight excluding hydrogens is 399 g/mol. The standard InChI is InChI=1S/C23H17FN4O3/c1-28-19-9-10-25-12-18(19)27-22(28)16-11-26-17-4-2-3-15(20(17)21(16)29)23(30)31-14-7-5-13(24)6-8-14/h2-10,12,16,26H,11H2,1H3. The Hall–Kier alpha value is -4.07. The maximum absolute atomic E-state index is 13.5. The number of carbonyl (C=O) groups is 2. The van der Waals surface area contributed by atoms with Gasteiger partial charge in [-0.15, -0.1) is 0 Å². The van der Waals surface area contributed by atoms with Crippen LogP contribution in [0.4, 0.5) is 10.1 Å². The highest BCUT2D eigenvalue weighted by Crippen LogP contribution is 2.34. The fourth-order valence-corrected chi connectivity index (χ4v) is 3.87. The van der Waals surface area contributed by atoms with Gasteiger partial charge in [-0.05, 0) is 42.5 Å². The second-order valence-electron chi connectivity index (χ2n) is 7.26. The van der Waals surface area contributed by atoms with Gasteiger partial charge >= 0.3 is 5.97 Å². The number of ketones is 1. The van der Waals surface area contributed by atoms with Crippen LogP contribution in [0.15, 0.2) is 60.9 Å². The summed E-state index contributed by atoms with van der Waals surface area (Å²) in [5, 5.41) is 3.23. The van der Waals surface area contributed by atoms with Crippen LogP contribution in [-0.2, 0) is 7.05 Å². The number of esters is 1. The minimum Gasteiger partial charge on any atom is -0.423 e. The maximum Gasteiger partial charge on any atom is 0.344 e. The van der Waals surface area contributed by atoms with Crippen LogP contribution in [0.1, 0.15) is 32.5 Å². The zero-order valence-corrected chi connectivity index (χ0v) is 16.5. The van der Waals surface area contributed by atoms with Gasteiger partial charge in [-0.25, -0.2) is 14.2 Å². The lowest BCUT2D eigenvalue weighted by Gasteiger charge is -2.26. The predicted octanol–water partition coefficient (Wildman–Crippen LogP) is 3.72. The van der Waals surface area contributed by atoms with Gasteiger partial charge in [0.05, 0.1) is 28.8 Å². The maximum atomic E-state index is 13.5. The van der Waals surface area contributed by atoms with Crippen molar-refractivity contribution in [2.75, 3.05) is 11.9 Å². The normalized spacial score (nSPS) is 15.4. The third-order valence-corrected chi connectivity index (χ3v) is 5.40. The molecule has 31 heavy (non-hydrogen) atoms. The Morgan fingerprint density at radius 3 is 2.77 bits per heavy atom. The molecule has 0 fully saturated rings. The van der Waals surface area contributed by atoms with Crippen molar-refractivity contribution in [3.63, 3.8) is 0 Å². The monoisotopic (exact) mass is 416 g/mol. The molecular formula is C23H17FN4O3. The third kappa shape index (κ3) is 3.22. The Kier molecular flexibility index (Phi) is 4.47. The molecule has 0 bridgehead atoms. The van der Waals surface area contributed by atoms with E-state index in [0.717, 1.165) is 5.52 Å². The molecule has 0 saturated carbocycles. The Morgan fingerprint density at radius 1 is 1.19 bits per heavy atom. The van der Waals surface area contributed by atoms with E-state index in [0.29, 0.717) is 23.6 Å². The van der Waals surface area contributed by atoms with Crippen molar-refractivity contribution in [2.24, 2.45) is 7.05 Å². The van der Waals surface area contributed by atoms with Crippen LogP contribution in [-0.4, -0.2) is 32.8 Å². The van der Waals surface area contributed by atoms with Crippen LogP contribution in [0.5, 0.6) is 5.75 Å². The van der Waals surface area contributed by atoms with Gasteiger partial charge in [0.25, 0.3) is 0 Å². The van der Waals surface area contributed by atoms with Gasteiger partial charge in [-0.1, -0.05) is 6.07 Å². The summed E-state index contributed by atoms with van der Waals surface area (Å²) in [7, 11) is 1.85. The van der Waals surface area contributed by atoms with Gasteiger partial charge < -0.3 is 14.6 Å². The Morgan fingerprint density at radius 2 is 2.00 bits per heavy atom. The molecule has 0 amide bonds. The van der Waals surface area contributed by atoms with E-state index in [9.17, 15) is 14.0 Å². The van der Waals surface area contributed by atoms with Gasteiger partial charge in [0.2, 0.25) is 0 Å². The smallest absolute Gasteiger partial charge is 0.344 e. The van der Waals surface area contributed by atoms with E-state index in [1.807, 2.05) is 17.7 Å². The summed E-state index contributed by atoms with van der Waals surface area (Å²) < 4.78 is 20.4. The molecule has 3 heterocycles. The fraction of sp³-hybridized carbons (Fsp3) is 0.130. The van der Waals surface area contributed by atoms with Crippen molar-refractivity contribution in [3.8, 4) is 5.75 Å². The van der Waals surface area contributed by atoms with Crippen molar-refractivity contribution in [1.29, 1.82) is 0 Å².